The largest absolute Gasteiger partial charge is 0.419 e. The third-order valence-electron chi connectivity index (χ3n) is 3.16. The molecule has 0 amide bonds. The molecular formula is C14H9F4N3OS. The van der Waals surface area contributed by atoms with E-state index in [9.17, 15) is 22.4 Å². The number of halogens is 4. The van der Waals surface area contributed by atoms with Gasteiger partial charge >= 0.3 is 11.9 Å². The van der Waals surface area contributed by atoms with Crippen molar-refractivity contribution in [2.24, 2.45) is 0 Å². The molecule has 9 heteroatoms. The number of alkyl halides is 3. The summed E-state index contributed by atoms with van der Waals surface area (Å²) < 4.78 is 52.9. The van der Waals surface area contributed by atoms with Crippen LogP contribution >= 0.6 is 11.3 Å². The van der Waals surface area contributed by atoms with Gasteiger partial charge in [0.1, 0.15) is 12.1 Å². The van der Waals surface area contributed by atoms with E-state index in [2.05, 4.69) is 10.2 Å². The molecular weight excluding hydrogens is 334 g/mol. The molecule has 0 radical (unpaired) electrons. The van der Waals surface area contributed by atoms with E-state index in [4.69, 9.17) is 0 Å². The molecule has 0 bridgehead atoms. The van der Waals surface area contributed by atoms with E-state index in [1.165, 1.54) is 28.3 Å². The summed E-state index contributed by atoms with van der Waals surface area (Å²) in [5, 5.41) is 5.85. The number of thiophene rings is 1. The zero-order valence-electron chi connectivity index (χ0n) is 11.4. The minimum absolute atomic E-state index is 0.257. The molecule has 23 heavy (non-hydrogen) atoms. The summed E-state index contributed by atoms with van der Waals surface area (Å²) in [6, 6.07) is 6.23. The van der Waals surface area contributed by atoms with E-state index in [0.29, 0.717) is 4.88 Å². The Kier molecular flexibility index (Phi) is 3.80. The van der Waals surface area contributed by atoms with Crippen molar-refractivity contribution in [2.45, 2.75) is 12.7 Å². The average Bonchev–Trinajstić information content (AvgIpc) is 3.09. The van der Waals surface area contributed by atoms with Gasteiger partial charge in [-0.05, 0) is 29.8 Å². The number of benzene rings is 1. The van der Waals surface area contributed by atoms with E-state index >= 15 is 0 Å². The van der Waals surface area contributed by atoms with Crippen LogP contribution in [0, 0.1) is 5.82 Å². The molecule has 0 aliphatic carbocycles. The highest BCUT2D eigenvalue weighted by Crippen LogP contribution is 2.36. The van der Waals surface area contributed by atoms with Crippen LogP contribution in [0.15, 0.2) is 41.5 Å². The maximum absolute atomic E-state index is 13.3. The smallest absolute Gasteiger partial charge is 0.276 e. The van der Waals surface area contributed by atoms with Gasteiger partial charge in [0.2, 0.25) is 0 Å². The predicted octanol–water partition coefficient (Wildman–Crippen LogP) is 3.51. The standard InChI is InChI=1S/C14H9F4N3OS/c15-11-3-1-8(5-10(11)14(16,17)18)12-4-2-9(23-12)6-21-7-19-20-13(21)22/h1-5,7H,6H2,(H,20,22). The first kappa shape index (κ1) is 15.5. The van der Waals surface area contributed by atoms with Crippen molar-refractivity contribution >= 4 is 11.3 Å². The molecule has 4 nitrogen and oxygen atoms in total. The van der Waals surface area contributed by atoms with E-state index in [-0.39, 0.29) is 17.8 Å². The lowest BCUT2D eigenvalue weighted by Gasteiger charge is -2.09. The Bertz CT molecular complexity index is 894. The molecule has 0 aliphatic heterocycles. The van der Waals surface area contributed by atoms with Crippen molar-refractivity contribution in [1.82, 2.24) is 14.8 Å². The summed E-state index contributed by atoms with van der Waals surface area (Å²) >= 11 is 1.23. The summed E-state index contributed by atoms with van der Waals surface area (Å²) in [5.41, 5.74) is -1.40. The molecule has 2 aromatic heterocycles. The normalized spacial score (nSPS) is 11.8. The van der Waals surface area contributed by atoms with Crippen LogP contribution in [0.2, 0.25) is 0 Å². The SMILES string of the molecule is O=c1[nH]ncn1Cc1ccc(-c2ccc(F)c(C(F)(F)F)c2)s1. The van der Waals surface area contributed by atoms with Crippen molar-refractivity contribution < 1.29 is 17.6 Å². The van der Waals surface area contributed by atoms with Crippen LogP contribution < -0.4 is 5.69 Å². The Morgan fingerprint density at radius 3 is 2.65 bits per heavy atom. The van der Waals surface area contributed by atoms with Crippen LogP contribution in [0.25, 0.3) is 10.4 Å². The monoisotopic (exact) mass is 343 g/mol. The molecule has 0 saturated heterocycles. The average molecular weight is 343 g/mol. The Balaban J connectivity index is 1.92. The van der Waals surface area contributed by atoms with Crippen LogP contribution in [0.4, 0.5) is 17.6 Å². The van der Waals surface area contributed by atoms with E-state index < -0.39 is 17.6 Å². The zero-order valence-corrected chi connectivity index (χ0v) is 12.2. The van der Waals surface area contributed by atoms with Crippen molar-refractivity contribution in [3.8, 4) is 10.4 Å². The molecule has 3 rings (SSSR count). The number of nitrogens with zero attached hydrogens (tertiary/aromatic N) is 2. The summed E-state index contributed by atoms with van der Waals surface area (Å²) in [4.78, 5) is 12.7. The van der Waals surface area contributed by atoms with Gasteiger partial charge in [-0.1, -0.05) is 6.07 Å². The number of aromatic amines is 1. The fourth-order valence-corrected chi connectivity index (χ4v) is 3.07. The lowest BCUT2D eigenvalue weighted by Crippen LogP contribution is -2.16. The van der Waals surface area contributed by atoms with Gasteiger partial charge in [0.15, 0.2) is 0 Å². The Morgan fingerprint density at radius 2 is 2.00 bits per heavy atom. The Labute approximate surface area is 131 Å². The maximum atomic E-state index is 13.3. The number of nitrogens with one attached hydrogen (secondary N) is 1. The third-order valence-corrected chi connectivity index (χ3v) is 4.28. The highest BCUT2D eigenvalue weighted by molar-refractivity contribution is 7.15. The molecule has 1 N–H and O–H groups in total. The van der Waals surface area contributed by atoms with Crippen molar-refractivity contribution in [3.05, 3.63) is 63.4 Å². The fourth-order valence-electron chi connectivity index (χ4n) is 2.06. The van der Waals surface area contributed by atoms with Gasteiger partial charge in [0.05, 0.1) is 12.1 Å². The fraction of sp³-hybridized carbons (Fsp3) is 0.143. The van der Waals surface area contributed by atoms with Gasteiger partial charge in [-0.15, -0.1) is 11.3 Å². The second-order valence-corrected chi connectivity index (χ2v) is 5.92. The number of hydrogen-bond donors (Lipinski definition) is 1. The van der Waals surface area contributed by atoms with Gasteiger partial charge in [0.25, 0.3) is 0 Å². The summed E-state index contributed by atoms with van der Waals surface area (Å²) in [7, 11) is 0. The highest BCUT2D eigenvalue weighted by Gasteiger charge is 2.34. The number of rotatable bonds is 3. The lowest BCUT2D eigenvalue weighted by molar-refractivity contribution is -0.139. The first-order valence-corrected chi connectivity index (χ1v) is 7.22. The second-order valence-electron chi connectivity index (χ2n) is 4.75. The molecule has 3 aromatic rings. The van der Waals surface area contributed by atoms with E-state index in [1.807, 2.05) is 0 Å². The quantitative estimate of drug-likeness (QED) is 0.740. The van der Waals surface area contributed by atoms with Gasteiger partial charge in [-0.3, -0.25) is 4.57 Å². The van der Waals surface area contributed by atoms with E-state index in [0.717, 1.165) is 17.0 Å². The number of aromatic nitrogens is 3. The number of H-pyrrole nitrogens is 1. The van der Waals surface area contributed by atoms with E-state index in [1.54, 1.807) is 12.1 Å². The maximum Gasteiger partial charge on any atom is 0.419 e. The Hall–Kier alpha value is -2.42. The van der Waals surface area contributed by atoms with Crippen molar-refractivity contribution in [2.75, 3.05) is 0 Å². The molecule has 0 spiro atoms. The summed E-state index contributed by atoms with van der Waals surface area (Å²) in [6.07, 6.45) is -3.41. The molecule has 120 valence electrons. The minimum atomic E-state index is -4.75. The lowest BCUT2D eigenvalue weighted by atomic mass is 10.1. The van der Waals surface area contributed by atoms with Gasteiger partial charge in [-0.25, -0.2) is 14.3 Å². The zero-order chi connectivity index (χ0) is 16.6. The molecule has 0 saturated carbocycles. The first-order chi connectivity index (χ1) is 10.8. The summed E-state index contributed by atoms with van der Waals surface area (Å²) in [5.74, 6) is -1.30. The van der Waals surface area contributed by atoms with Crippen LogP contribution in [0.1, 0.15) is 10.4 Å². The molecule has 2 heterocycles. The van der Waals surface area contributed by atoms with Crippen LogP contribution in [-0.2, 0) is 12.7 Å². The van der Waals surface area contributed by atoms with Crippen LogP contribution in [-0.4, -0.2) is 14.8 Å². The number of hydrogen-bond acceptors (Lipinski definition) is 3. The predicted molar refractivity (Wildman–Crippen MR) is 76.7 cm³/mol. The molecule has 0 fully saturated rings. The topological polar surface area (TPSA) is 50.7 Å². The van der Waals surface area contributed by atoms with Gasteiger partial charge < -0.3 is 0 Å². The van der Waals surface area contributed by atoms with Crippen molar-refractivity contribution in [1.29, 1.82) is 0 Å². The van der Waals surface area contributed by atoms with Gasteiger partial charge in [-0.2, -0.15) is 18.3 Å². The van der Waals surface area contributed by atoms with Crippen molar-refractivity contribution in [3.63, 3.8) is 0 Å². The molecule has 1 aromatic carbocycles. The van der Waals surface area contributed by atoms with Crippen LogP contribution in [0.5, 0.6) is 0 Å². The van der Waals surface area contributed by atoms with Crippen LogP contribution in [0.3, 0.4) is 0 Å². The first-order valence-electron chi connectivity index (χ1n) is 6.40. The highest BCUT2D eigenvalue weighted by atomic mass is 32.1. The summed E-state index contributed by atoms with van der Waals surface area (Å²) in [6.45, 7) is 0.257. The second kappa shape index (κ2) is 5.65. The minimum Gasteiger partial charge on any atom is -0.276 e. The molecule has 0 aliphatic rings. The third kappa shape index (κ3) is 3.19. The molecule has 0 atom stereocenters. The van der Waals surface area contributed by atoms with Gasteiger partial charge in [0, 0.05) is 9.75 Å². The Morgan fingerprint density at radius 1 is 1.22 bits per heavy atom. The molecule has 0 unspecified atom stereocenters.